The summed E-state index contributed by atoms with van der Waals surface area (Å²) < 4.78 is 5.53. The Morgan fingerprint density at radius 3 is 1.79 bits per heavy atom. The summed E-state index contributed by atoms with van der Waals surface area (Å²) in [5.74, 6) is -0.230. The van der Waals surface area contributed by atoms with Crippen molar-refractivity contribution in [1.82, 2.24) is 0 Å². The van der Waals surface area contributed by atoms with Crippen LogP contribution in [0, 0.1) is 0 Å². The second-order valence-corrected chi connectivity index (χ2v) is 10.4. The van der Waals surface area contributed by atoms with Crippen molar-refractivity contribution < 1.29 is 9.53 Å². The van der Waals surface area contributed by atoms with Gasteiger partial charge in [0.2, 0.25) is 0 Å². The van der Waals surface area contributed by atoms with E-state index >= 15 is 0 Å². The van der Waals surface area contributed by atoms with Crippen LogP contribution in [0.2, 0.25) is 0 Å². The van der Waals surface area contributed by atoms with Gasteiger partial charge < -0.3 is 9.64 Å². The van der Waals surface area contributed by atoms with E-state index in [0.29, 0.717) is 12.2 Å². The smallest absolute Gasteiger partial charge is 0.338 e. The standard InChI is InChI=1S/C34H52N2O2/c1-3-5-7-9-11-13-15-20-28-36(30-35-32-22-18-17-19-23-32)33-26-24-31(25-27-33)34(37)38-29-21-16-14-12-10-8-6-4-2/h17-19,22-27,30H,3-16,20-21,28-29H2,1-2H3. The van der Waals surface area contributed by atoms with Gasteiger partial charge in [-0.15, -0.1) is 0 Å². The number of unbranched alkanes of at least 4 members (excludes halogenated alkanes) is 14. The SMILES string of the molecule is CCCCCCCCCCOC(=O)c1ccc(N(C=Nc2ccccc2)CCCCCCCCCC)cc1. The van der Waals surface area contributed by atoms with Crippen LogP contribution >= 0.6 is 0 Å². The Morgan fingerprint density at radius 2 is 1.21 bits per heavy atom. The van der Waals surface area contributed by atoms with E-state index in [1.54, 1.807) is 0 Å². The molecule has 38 heavy (non-hydrogen) atoms. The summed E-state index contributed by atoms with van der Waals surface area (Å²) in [6.07, 6.45) is 22.1. The first-order valence-corrected chi connectivity index (χ1v) is 15.4. The van der Waals surface area contributed by atoms with Gasteiger partial charge in [-0.1, -0.05) is 122 Å². The molecule has 0 saturated heterocycles. The third kappa shape index (κ3) is 14.4. The molecule has 0 N–H and O–H groups in total. The molecule has 2 rings (SSSR count). The first-order chi connectivity index (χ1) is 18.7. The molecule has 0 fully saturated rings. The van der Waals surface area contributed by atoms with Crippen LogP contribution in [0.5, 0.6) is 0 Å². The summed E-state index contributed by atoms with van der Waals surface area (Å²) in [4.78, 5) is 19.4. The van der Waals surface area contributed by atoms with Gasteiger partial charge in [0.25, 0.3) is 0 Å². The molecule has 0 aliphatic rings. The summed E-state index contributed by atoms with van der Waals surface area (Å²) >= 11 is 0. The maximum atomic E-state index is 12.5. The summed E-state index contributed by atoms with van der Waals surface area (Å²) in [5, 5.41) is 0. The Bertz CT molecular complexity index is 864. The lowest BCUT2D eigenvalue weighted by molar-refractivity contribution is 0.0497. The van der Waals surface area contributed by atoms with E-state index in [0.717, 1.165) is 37.2 Å². The highest BCUT2D eigenvalue weighted by atomic mass is 16.5. The highest BCUT2D eigenvalue weighted by Crippen LogP contribution is 2.18. The summed E-state index contributed by atoms with van der Waals surface area (Å²) in [6.45, 7) is 5.92. The molecule has 0 amide bonds. The van der Waals surface area contributed by atoms with E-state index in [-0.39, 0.29) is 5.97 Å². The van der Waals surface area contributed by atoms with Gasteiger partial charge in [0.05, 0.1) is 24.2 Å². The van der Waals surface area contributed by atoms with Crippen molar-refractivity contribution in [3.8, 4) is 0 Å². The molecule has 4 nitrogen and oxygen atoms in total. The third-order valence-corrected chi connectivity index (χ3v) is 7.02. The first-order valence-electron chi connectivity index (χ1n) is 15.4. The number of aliphatic imine (C=N–C) groups is 1. The molecular weight excluding hydrogens is 468 g/mol. The second kappa shape index (κ2) is 21.3. The minimum Gasteiger partial charge on any atom is -0.462 e. The van der Waals surface area contributed by atoms with Gasteiger partial charge in [-0.3, -0.25) is 0 Å². The number of esters is 1. The first kappa shape index (κ1) is 31.6. The van der Waals surface area contributed by atoms with Crippen LogP contribution in [-0.4, -0.2) is 25.5 Å². The van der Waals surface area contributed by atoms with Crippen molar-refractivity contribution in [2.24, 2.45) is 4.99 Å². The normalized spacial score (nSPS) is 11.2. The number of ether oxygens (including phenoxy) is 1. The van der Waals surface area contributed by atoms with Crippen LogP contribution in [0.3, 0.4) is 0 Å². The predicted molar refractivity (Wildman–Crippen MR) is 164 cm³/mol. The highest BCUT2D eigenvalue weighted by molar-refractivity contribution is 5.90. The number of nitrogens with zero attached hydrogens (tertiary/aromatic N) is 2. The molecule has 0 heterocycles. The third-order valence-electron chi connectivity index (χ3n) is 7.02. The van der Waals surface area contributed by atoms with Crippen LogP contribution in [0.4, 0.5) is 11.4 Å². The van der Waals surface area contributed by atoms with Gasteiger partial charge in [0.15, 0.2) is 0 Å². The zero-order chi connectivity index (χ0) is 27.1. The highest BCUT2D eigenvalue weighted by Gasteiger charge is 2.10. The van der Waals surface area contributed by atoms with Gasteiger partial charge >= 0.3 is 5.97 Å². The van der Waals surface area contributed by atoms with Crippen LogP contribution in [0.1, 0.15) is 127 Å². The minimum atomic E-state index is -0.230. The fourth-order valence-corrected chi connectivity index (χ4v) is 4.59. The maximum absolute atomic E-state index is 12.5. The van der Waals surface area contributed by atoms with E-state index in [2.05, 4.69) is 23.7 Å². The van der Waals surface area contributed by atoms with Crippen molar-refractivity contribution in [3.63, 3.8) is 0 Å². The average Bonchev–Trinajstić information content (AvgIpc) is 2.95. The Labute approximate surface area is 232 Å². The summed E-state index contributed by atoms with van der Waals surface area (Å²) in [7, 11) is 0. The number of benzene rings is 2. The van der Waals surface area contributed by atoms with Crippen molar-refractivity contribution >= 4 is 23.7 Å². The Balaban J connectivity index is 1.81. The van der Waals surface area contributed by atoms with Crippen LogP contribution in [-0.2, 0) is 4.74 Å². The van der Waals surface area contributed by atoms with Gasteiger partial charge in [-0.25, -0.2) is 9.79 Å². The van der Waals surface area contributed by atoms with Gasteiger partial charge in [0.1, 0.15) is 0 Å². The maximum Gasteiger partial charge on any atom is 0.338 e. The summed E-state index contributed by atoms with van der Waals surface area (Å²) in [5.41, 5.74) is 2.60. The number of rotatable bonds is 22. The van der Waals surface area contributed by atoms with Crippen LogP contribution < -0.4 is 4.90 Å². The molecule has 0 unspecified atom stereocenters. The Hall–Kier alpha value is -2.62. The molecule has 0 aliphatic carbocycles. The van der Waals surface area contributed by atoms with Gasteiger partial charge in [-0.2, -0.15) is 0 Å². The molecule has 0 spiro atoms. The molecular formula is C34H52N2O2. The second-order valence-electron chi connectivity index (χ2n) is 10.4. The van der Waals surface area contributed by atoms with Crippen LogP contribution in [0.15, 0.2) is 59.6 Å². The number of carbonyl (C=O) groups excluding carboxylic acids is 1. The lowest BCUT2D eigenvalue weighted by Crippen LogP contribution is -2.22. The molecule has 210 valence electrons. The lowest BCUT2D eigenvalue weighted by Gasteiger charge is -2.20. The van der Waals surface area contributed by atoms with Crippen molar-refractivity contribution in [2.75, 3.05) is 18.1 Å². The average molecular weight is 521 g/mol. The number of hydrogen-bond acceptors (Lipinski definition) is 3. The molecule has 0 saturated carbocycles. The van der Waals surface area contributed by atoms with Crippen molar-refractivity contribution in [1.29, 1.82) is 0 Å². The monoisotopic (exact) mass is 520 g/mol. The number of para-hydroxylation sites is 1. The summed E-state index contributed by atoms with van der Waals surface area (Å²) in [6, 6.07) is 17.8. The van der Waals surface area contributed by atoms with E-state index in [9.17, 15) is 4.79 Å². The van der Waals surface area contributed by atoms with E-state index in [1.165, 1.54) is 83.5 Å². The Kier molecular flexibility index (Phi) is 17.7. The zero-order valence-electron chi connectivity index (χ0n) is 24.2. The number of carbonyl (C=O) groups is 1. The largest absolute Gasteiger partial charge is 0.462 e. The van der Waals surface area contributed by atoms with Crippen molar-refractivity contribution in [3.05, 3.63) is 60.2 Å². The fraction of sp³-hybridized carbons (Fsp3) is 0.588. The molecule has 0 bridgehead atoms. The number of anilines is 1. The molecule has 0 aliphatic heterocycles. The quantitative estimate of drug-likeness (QED) is 0.0671. The molecule has 0 aromatic heterocycles. The molecule has 0 atom stereocenters. The number of hydrogen-bond donors (Lipinski definition) is 0. The van der Waals surface area contributed by atoms with Crippen molar-refractivity contribution in [2.45, 2.75) is 117 Å². The zero-order valence-corrected chi connectivity index (χ0v) is 24.2. The van der Waals surface area contributed by atoms with E-state index in [4.69, 9.17) is 4.74 Å². The fourth-order valence-electron chi connectivity index (χ4n) is 4.59. The molecule has 2 aromatic carbocycles. The van der Waals surface area contributed by atoms with Gasteiger partial charge in [0, 0.05) is 12.2 Å². The lowest BCUT2D eigenvalue weighted by atomic mass is 10.1. The Morgan fingerprint density at radius 1 is 0.684 bits per heavy atom. The van der Waals surface area contributed by atoms with E-state index in [1.807, 2.05) is 60.9 Å². The minimum absolute atomic E-state index is 0.230. The van der Waals surface area contributed by atoms with Crippen LogP contribution in [0.25, 0.3) is 0 Å². The van der Waals surface area contributed by atoms with E-state index < -0.39 is 0 Å². The predicted octanol–water partition coefficient (Wildman–Crippen LogP) is 10.3. The molecule has 2 aromatic rings. The molecule has 0 radical (unpaired) electrons. The van der Waals surface area contributed by atoms with Gasteiger partial charge in [-0.05, 0) is 49.2 Å². The topological polar surface area (TPSA) is 41.9 Å². The molecule has 4 heteroatoms.